The van der Waals surface area contributed by atoms with Crippen molar-refractivity contribution in [2.24, 2.45) is 5.92 Å². The maximum absolute atomic E-state index is 12.6. The highest BCUT2D eigenvalue weighted by Gasteiger charge is 2.25. The minimum Gasteiger partial charge on any atom is -0.348 e. The van der Waals surface area contributed by atoms with Crippen molar-refractivity contribution in [3.8, 4) is 0 Å². The van der Waals surface area contributed by atoms with Crippen LogP contribution in [0.3, 0.4) is 0 Å². The average molecular weight is 300 g/mol. The smallest absolute Gasteiger partial charge is 0.223 e. The molecule has 3 heteroatoms. The average Bonchev–Trinajstić information content (AvgIpc) is 3.09. The lowest BCUT2D eigenvalue weighted by molar-refractivity contribution is -0.126. The number of carbonyl (C=O) groups is 1. The molecular formula is C19H28N2O. The van der Waals surface area contributed by atoms with Crippen molar-refractivity contribution in [1.29, 1.82) is 0 Å². The number of nitrogens with zero attached hydrogens (tertiary/aromatic N) is 1. The maximum Gasteiger partial charge on any atom is 0.223 e. The molecule has 1 N–H and O–H groups in total. The predicted molar refractivity (Wildman–Crippen MR) is 89.6 cm³/mol. The topological polar surface area (TPSA) is 32.3 Å². The van der Waals surface area contributed by atoms with Gasteiger partial charge in [-0.15, -0.1) is 0 Å². The Kier molecular flexibility index (Phi) is 5.49. The van der Waals surface area contributed by atoms with Crippen molar-refractivity contribution < 1.29 is 4.79 Å². The summed E-state index contributed by atoms with van der Waals surface area (Å²) in [6, 6.07) is 10.6. The predicted octanol–water partition coefficient (Wildman–Crippen LogP) is 3.52. The van der Waals surface area contributed by atoms with Gasteiger partial charge in [0.05, 0.1) is 6.04 Å². The van der Waals surface area contributed by atoms with Crippen LogP contribution in [0.25, 0.3) is 0 Å². The zero-order valence-corrected chi connectivity index (χ0v) is 13.5. The van der Waals surface area contributed by atoms with Crippen LogP contribution < -0.4 is 5.32 Å². The van der Waals surface area contributed by atoms with Crippen molar-refractivity contribution in [2.45, 2.75) is 51.0 Å². The second kappa shape index (κ2) is 7.77. The largest absolute Gasteiger partial charge is 0.348 e. The molecule has 0 aromatic heterocycles. The van der Waals surface area contributed by atoms with Gasteiger partial charge in [-0.05, 0) is 44.3 Å². The second-order valence-corrected chi connectivity index (χ2v) is 6.81. The van der Waals surface area contributed by atoms with Crippen molar-refractivity contribution in [2.75, 3.05) is 19.6 Å². The maximum atomic E-state index is 12.6. The third-order valence-corrected chi connectivity index (χ3v) is 5.13. The second-order valence-electron chi connectivity index (χ2n) is 6.81. The number of hydrogen-bond acceptors (Lipinski definition) is 2. The minimum absolute atomic E-state index is 0.133. The molecule has 0 radical (unpaired) electrons. The van der Waals surface area contributed by atoms with Gasteiger partial charge in [-0.2, -0.15) is 0 Å². The van der Waals surface area contributed by atoms with E-state index in [2.05, 4.69) is 34.5 Å². The normalized spacial score (nSPS) is 21.6. The highest BCUT2D eigenvalue weighted by Crippen LogP contribution is 2.25. The van der Waals surface area contributed by atoms with Crippen LogP contribution >= 0.6 is 0 Å². The van der Waals surface area contributed by atoms with Crippen molar-refractivity contribution >= 4 is 5.91 Å². The van der Waals surface area contributed by atoms with Crippen molar-refractivity contribution in [3.05, 3.63) is 35.9 Å². The number of carbonyl (C=O) groups excluding carboxylic acids is 1. The van der Waals surface area contributed by atoms with Crippen LogP contribution in [-0.4, -0.2) is 30.4 Å². The molecule has 22 heavy (non-hydrogen) atoms. The molecule has 1 aromatic carbocycles. The summed E-state index contributed by atoms with van der Waals surface area (Å²) in [7, 11) is 0. The van der Waals surface area contributed by atoms with Gasteiger partial charge in [-0.25, -0.2) is 0 Å². The summed E-state index contributed by atoms with van der Waals surface area (Å²) in [6.07, 6.45) is 8.42. The third-order valence-electron chi connectivity index (χ3n) is 5.13. The highest BCUT2D eigenvalue weighted by atomic mass is 16.1. The number of benzene rings is 1. The molecule has 1 aliphatic carbocycles. The summed E-state index contributed by atoms with van der Waals surface area (Å²) >= 11 is 0. The Hall–Kier alpha value is -1.35. The van der Waals surface area contributed by atoms with Gasteiger partial charge in [0.2, 0.25) is 5.91 Å². The van der Waals surface area contributed by atoms with E-state index in [1.54, 1.807) is 0 Å². The summed E-state index contributed by atoms with van der Waals surface area (Å²) < 4.78 is 0. The number of likely N-dealkylation sites (tertiary alicyclic amines) is 1. The molecule has 3 nitrogen and oxygen atoms in total. The van der Waals surface area contributed by atoms with Crippen molar-refractivity contribution in [3.63, 3.8) is 0 Å². The molecule has 1 aromatic rings. The molecule has 1 aliphatic heterocycles. The molecule has 0 spiro atoms. The number of rotatable bonds is 5. The first-order valence-electron chi connectivity index (χ1n) is 8.90. The van der Waals surface area contributed by atoms with E-state index in [1.807, 2.05) is 6.07 Å². The van der Waals surface area contributed by atoms with Gasteiger partial charge in [0.15, 0.2) is 0 Å². The van der Waals surface area contributed by atoms with Crippen LogP contribution in [0, 0.1) is 5.92 Å². The van der Waals surface area contributed by atoms with Gasteiger partial charge in [0.1, 0.15) is 0 Å². The first kappa shape index (κ1) is 15.5. The van der Waals surface area contributed by atoms with Crippen LogP contribution in [0.1, 0.15) is 56.6 Å². The molecule has 2 fully saturated rings. The summed E-state index contributed by atoms with van der Waals surface area (Å²) in [5.41, 5.74) is 1.23. The Bertz CT molecular complexity index is 462. The molecule has 1 heterocycles. The molecule has 1 saturated carbocycles. The molecule has 0 bridgehead atoms. The van der Waals surface area contributed by atoms with E-state index in [0.717, 1.165) is 19.4 Å². The minimum atomic E-state index is 0.133. The first-order chi connectivity index (χ1) is 10.8. The molecule has 120 valence electrons. The SMILES string of the molecule is O=C(NC(CN1CCCC1)c1ccccc1)C1CCCCC1. The van der Waals surface area contributed by atoms with Gasteiger partial charge in [0.25, 0.3) is 0 Å². The zero-order chi connectivity index (χ0) is 15.2. The van der Waals surface area contributed by atoms with E-state index in [4.69, 9.17) is 0 Å². The summed E-state index contributed by atoms with van der Waals surface area (Å²) in [5, 5.41) is 3.35. The summed E-state index contributed by atoms with van der Waals surface area (Å²) in [4.78, 5) is 15.1. The number of amides is 1. The fourth-order valence-electron chi connectivity index (χ4n) is 3.80. The molecular weight excluding hydrogens is 272 g/mol. The third kappa shape index (κ3) is 4.10. The van der Waals surface area contributed by atoms with Gasteiger partial charge >= 0.3 is 0 Å². The van der Waals surface area contributed by atoms with Gasteiger partial charge in [-0.3, -0.25) is 4.79 Å². The summed E-state index contributed by atoms with van der Waals surface area (Å²) in [5.74, 6) is 0.506. The molecule has 1 amide bonds. The quantitative estimate of drug-likeness (QED) is 0.902. The number of hydrogen-bond donors (Lipinski definition) is 1. The van der Waals surface area contributed by atoms with Crippen LogP contribution in [0.2, 0.25) is 0 Å². The fourth-order valence-corrected chi connectivity index (χ4v) is 3.80. The number of nitrogens with one attached hydrogen (secondary N) is 1. The van der Waals surface area contributed by atoms with E-state index < -0.39 is 0 Å². The van der Waals surface area contributed by atoms with E-state index in [0.29, 0.717) is 0 Å². The summed E-state index contributed by atoms with van der Waals surface area (Å²) in [6.45, 7) is 3.29. The Balaban J connectivity index is 1.65. The van der Waals surface area contributed by atoms with E-state index in [1.165, 1.54) is 50.8 Å². The Morgan fingerprint density at radius 1 is 1.05 bits per heavy atom. The first-order valence-corrected chi connectivity index (χ1v) is 8.90. The van der Waals surface area contributed by atoms with Crippen molar-refractivity contribution in [1.82, 2.24) is 10.2 Å². The molecule has 3 rings (SSSR count). The standard InChI is InChI=1S/C19H28N2O/c22-19(17-11-5-2-6-12-17)20-18(15-21-13-7-8-14-21)16-9-3-1-4-10-16/h1,3-4,9-10,17-18H,2,5-8,11-15H2,(H,20,22). The Labute approximate surface area is 134 Å². The van der Waals surface area contributed by atoms with Crippen LogP contribution in [0.4, 0.5) is 0 Å². The van der Waals surface area contributed by atoms with Gasteiger partial charge in [0, 0.05) is 12.5 Å². The monoisotopic (exact) mass is 300 g/mol. The van der Waals surface area contributed by atoms with Gasteiger partial charge in [-0.1, -0.05) is 49.6 Å². The fraction of sp³-hybridized carbons (Fsp3) is 0.632. The Morgan fingerprint density at radius 2 is 1.73 bits per heavy atom. The Morgan fingerprint density at radius 3 is 2.41 bits per heavy atom. The van der Waals surface area contributed by atoms with E-state index in [-0.39, 0.29) is 17.9 Å². The molecule has 1 unspecified atom stereocenters. The van der Waals surface area contributed by atoms with Crippen LogP contribution in [0.15, 0.2) is 30.3 Å². The van der Waals surface area contributed by atoms with E-state index in [9.17, 15) is 4.79 Å². The van der Waals surface area contributed by atoms with E-state index >= 15 is 0 Å². The van der Waals surface area contributed by atoms with Crippen LogP contribution in [-0.2, 0) is 4.79 Å². The molecule has 1 atom stereocenters. The molecule has 1 saturated heterocycles. The zero-order valence-electron chi connectivity index (χ0n) is 13.5. The lowest BCUT2D eigenvalue weighted by Gasteiger charge is -2.28. The molecule has 2 aliphatic rings. The van der Waals surface area contributed by atoms with Crippen LogP contribution in [0.5, 0.6) is 0 Å². The highest BCUT2D eigenvalue weighted by molar-refractivity contribution is 5.79. The van der Waals surface area contributed by atoms with Gasteiger partial charge < -0.3 is 10.2 Å². The lowest BCUT2D eigenvalue weighted by Crippen LogP contribution is -2.40. The lowest BCUT2D eigenvalue weighted by atomic mass is 9.88.